The highest BCUT2D eigenvalue weighted by molar-refractivity contribution is 7.78. The van der Waals surface area contributed by atoms with Crippen LogP contribution in [0, 0.1) is 0 Å². The molecule has 5 nitrogen and oxygen atoms in total. The zero-order valence-corrected chi connectivity index (χ0v) is 8.62. The zero-order valence-electron chi connectivity index (χ0n) is 7.80. The third-order valence-electron chi connectivity index (χ3n) is 1.56. The zero-order chi connectivity index (χ0) is 11.1. The van der Waals surface area contributed by atoms with Gasteiger partial charge in [-0.2, -0.15) is 4.99 Å². The van der Waals surface area contributed by atoms with E-state index in [9.17, 15) is 4.79 Å². The van der Waals surface area contributed by atoms with Crippen molar-refractivity contribution in [3.05, 3.63) is 24.0 Å². The van der Waals surface area contributed by atoms with Crippen molar-refractivity contribution in [1.29, 1.82) is 0 Å². The molecule has 1 aromatic heterocycles. The van der Waals surface area contributed by atoms with Crippen LogP contribution in [0.1, 0.15) is 10.4 Å². The van der Waals surface area contributed by atoms with Gasteiger partial charge in [0.05, 0.1) is 29.2 Å². The van der Waals surface area contributed by atoms with Crippen molar-refractivity contribution in [2.45, 2.75) is 0 Å². The maximum atomic E-state index is 11.4. The second-order valence-corrected chi connectivity index (χ2v) is 2.80. The molecule has 0 unspecified atom stereocenters. The van der Waals surface area contributed by atoms with Crippen molar-refractivity contribution in [3.63, 3.8) is 0 Å². The molecular weight excluding hydrogens is 214 g/mol. The van der Waals surface area contributed by atoms with Crippen molar-refractivity contribution >= 4 is 29.0 Å². The van der Waals surface area contributed by atoms with Crippen LogP contribution in [0.25, 0.3) is 0 Å². The number of carbonyl (C=O) groups is 1. The topological polar surface area (TPSA) is 74.6 Å². The summed E-state index contributed by atoms with van der Waals surface area (Å²) < 4.78 is 0. The van der Waals surface area contributed by atoms with Crippen LogP contribution in [0.2, 0.25) is 0 Å². The maximum Gasteiger partial charge on any atom is 0.253 e. The molecule has 0 aliphatic carbocycles. The molecule has 0 aliphatic rings. The summed E-state index contributed by atoms with van der Waals surface area (Å²) in [4.78, 5) is 18.9. The van der Waals surface area contributed by atoms with E-state index in [1.165, 1.54) is 12.4 Å². The number of rotatable bonds is 4. The number of hydrogen-bond donors (Lipinski definition) is 2. The fourth-order valence-corrected chi connectivity index (χ4v) is 1.04. The van der Waals surface area contributed by atoms with Gasteiger partial charge in [-0.3, -0.25) is 9.78 Å². The molecule has 0 saturated carbocycles. The number of aliphatic hydroxyl groups excluding tert-OH is 1. The summed E-state index contributed by atoms with van der Waals surface area (Å²) in [6, 6.07) is 1.54. The SMILES string of the molecule is O=C(NCCO)c1cncc(N=C=S)c1. The quantitative estimate of drug-likeness (QED) is 0.577. The first kappa shape index (κ1) is 11.5. The Morgan fingerprint density at radius 2 is 2.47 bits per heavy atom. The molecule has 0 radical (unpaired) electrons. The standard InChI is InChI=1S/C9H9N3O2S/c13-2-1-11-9(14)7-3-8(12-6-15)5-10-4-7/h3-5,13H,1-2H2,(H,11,14). The largest absolute Gasteiger partial charge is 0.395 e. The van der Waals surface area contributed by atoms with Crippen molar-refractivity contribution in [2.75, 3.05) is 13.2 Å². The molecule has 0 aliphatic heterocycles. The van der Waals surface area contributed by atoms with Crippen LogP contribution in [0.4, 0.5) is 5.69 Å². The Bertz CT molecular complexity index is 402. The highest BCUT2D eigenvalue weighted by Crippen LogP contribution is 2.10. The lowest BCUT2D eigenvalue weighted by Gasteiger charge is -2.02. The lowest BCUT2D eigenvalue weighted by molar-refractivity contribution is 0.0944. The van der Waals surface area contributed by atoms with Gasteiger partial charge < -0.3 is 10.4 Å². The number of hydrogen-bond acceptors (Lipinski definition) is 5. The first-order valence-corrected chi connectivity index (χ1v) is 4.60. The molecule has 0 bridgehead atoms. The van der Waals surface area contributed by atoms with Gasteiger partial charge in [-0.25, -0.2) is 0 Å². The fraction of sp³-hybridized carbons (Fsp3) is 0.222. The van der Waals surface area contributed by atoms with Gasteiger partial charge in [0.1, 0.15) is 0 Å². The number of nitrogens with one attached hydrogen (secondary N) is 1. The highest BCUT2D eigenvalue weighted by atomic mass is 32.1. The van der Waals surface area contributed by atoms with Crippen LogP contribution in [0.15, 0.2) is 23.5 Å². The monoisotopic (exact) mass is 223 g/mol. The number of thiocarbonyl (C=S) groups is 1. The van der Waals surface area contributed by atoms with E-state index in [-0.39, 0.29) is 19.1 Å². The molecule has 1 rings (SSSR count). The second kappa shape index (κ2) is 5.98. The van der Waals surface area contributed by atoms with E-state index < -0.39 is 0 Å². The molecule has 0 spiro atoms. The normalized spacial score (nSPS) is 9.13. The molecule has 0 fully saturated rings. The Morgan fingerprint density at radius 1 is 1.67 bits per heavy atom. The molecule has 6 heteroatoms. The Balaban J connectivity index is 2.80. The van der Waals surface area contributed by atoms with E-state index in [0.717, 1.165) is 0 Å². The van der Waals surface area contributed by atoms with Gasteiger partial charge in [0.15, 0.2) is 0 Å². The third-order valence-corrected chi connectivity index (χ3v) is 1.65. The van der Waals surface area contributed by atoms with Crippen LogP contribution < -0.4 is 5.32 Å². The van der Waals surface area contributed by atoms with Crippen LogP contribution in [0.3, 0.4) is 0 Å². The first-order chi connectivity index (χ1) is 7.27. The van der Waals surface area contributed by atoms with Crippen LogP contribution >= 0.6 is 12.2 Å². The minimum Gasteiger partial charge on any atom is -0.395 e. The molecule has 0 saturated heterocycles. The maximum absolute atomic E-state index is 11.4. The third kappa shape index (κ3) is 3.55. The number of amides is 1. The average Bonchev–Trinajstić information content (AvgIpc) is 2.27. The van der Waals surface area contributed by atoms with Gasteiger partial charge in [0, 0.05) is 12.7 Å². The summed E-state index contributed by atoms with van der Waals surface area (Å²) in [7, 11) is 0. The Labute approximate surface area is 91.9 Å². The minimum atomic E-state index is -0.307. The number of isothiocyanates is 1. The fourth-order valence-electron chi connectivity index (χ4n) is 0.937. The summed E-state index contributed by atoms with van der Waals surface area (Å²) in [5.41, 5.74) is 0.844. The van der Waals surface area contributed by atoms with E-state index in [0.29, 0.717) is 11.3 Å². The molecule has 2 N–H and O–H groups in total. The van der Waals surface area contributed by atoms with E-state index in [4.69, 9.17) is 5.11 Å². The van der Waals surface area contributed by atoms with Crippen molar-refractivity contribution in [3.8, 4) is 0 Å². The van der Waals surface area contributed by atoms with E-state index in [1.54, 1.807) is 6.07 Å². The lowest BCUT2D eigenvalue weighted by atomic mass is 10.2. The predicted molar refractivity (Wildman–Crippen MR) is 58.3 cm³/mol. The summed E-state index contributed by atoms with van der Waals surface area (Å²) in [5.74, 6) is -0.307. The number of nitrogens with zero attached hydrogens (tertiary/aromatic N) is 2. The number of aliphatic imine (C=N–C) groups is 1. The molecular formula is C9H9N3O2S. The molecule has 78 valence electrons. The Morgan fingerprint density at radius 3 is 3.13 bits per heavy atom. The minimum absolute atomic E-state index is 0.100. The highest BCUT2D eigenvalue weighted by Gasteiger charge is 2.05. The lowest BCUT2D eigenvalue weighted by Crippen LogP contribution is -2.26. The number of aliphatic hydroxyl groups is 1. The number of pyridine rings is 1. The van der Waals surface area contributed by atoms with Crippen LogP contribution in [-0.2, 0) is 0 Å². The summed E-state index contributed by atoms with van der Waals surface area (Å²) >= 11 is 4.43. The summed E-state index contributed by atoms with van der Waals surface area (Å²) in [6.45, 7) is 0.108. The van der Waals surface area contributed by atoms with Crippen molar-refractivity contribution in [1.82, 2.24) is 10.3 Å². The van der Waals surface area contributed by atoms with Gasteiger partial charge in [0.2, 0.25) is 0 Å². The number of aromatic nitrogens is 1. The van der Waals surface area contributed by atoms with Gasteiger partial charge in [0.25, 0.3) is 5.91 Å². The summed E-state index contributed by atoms with van der Waals surface area (Å²) in [6.07, 6.45) is 2.89. The molecule has 1 aromatic rings. The van der Waals surface area contributed by atoms with Gasteiger partial charge in [-0.15, -0.1) is 0 Å². The van der Waals surface area contributed by atoms with E-state index in [2.05, 4.69) is 32.7 Å². The molecule has 15 heavy (non-hydrogen) atoms. The summed E-state index contributed by atoms with van der Waals surface area (Å²) in [5, 5.41) is 13.2. The smallest absolute Gasteiger partial charge is 0.253 e. The molecule has 0 atom stereocenters. The van der Waals surface area contributed by atoms with Crippen molar-refractivity contribution in [2.24, 2.45) is 4.99 Å². The van der Waals surface area contributed by atoms with Crippen molar-refractivity contribution < 1.29 is 9.90 Å². The molecule has 0 aromatic carbocycles. The first-order valence-electron chi connectivity index (χ1n) is 4.20. The second-order valence-electron chi connectivity index (χ2n) is 2.61. The Hall–Kier alpha value is -1.62. The van der Waals surface area contributed by atoms with Gasteiger partial charge >= 0.3 is 0 Å². The molecule has 1 heterocycles. The van der Waals surface area contributed by atoms with Crippen LogP contribution in [0.5, 0.6) is 0 Å². The van der Waals surface area contributed by atoms with Gasteiger partial charge in [-0.05, 0) is 18.3 Å². The van der Waals surface area contributed by atoms with E-state index >= 15 is 0 Å². The average molecular weight is 223 g/mol. The Kier molecular flexibility index (Phi) is 4.56. The van der Waals surface area contributed by atoms with Gasteiger partial charge in [-0.1, -0.05) is 0 Å². The van der Waals surface area contributed by atoms with Crippen LogP contribution in [-0.4, -0.2) is 34.3 Å². The number of carbonyl (C=O) groups excluding carboxylic acids is 1. The molecule has 1 amide bonds. The van der Waals surface area contributed by atoms with E-state index in [1.807, 2.05) is 0 Å². The predicted octanol–water partition coefficient (Wildman–Crippen LogP) is 0.538.